The van der Waals surface area contributed by atoms with Gasteiger partial charge in [-0.25, -0.2) is 14.6 Å². The van der Waals surface area contributed by atoms with Crippen LogP contribution in [0.3, 0.4) is 0 Å². The van der Waals surface area contributed by atoms with Gasteiger partial charge in [0, 0.05) is 5.56 Å². The molecule has 138 valence electrons. The first-order valence-corrected chi connectivity index (χ1v) is 9.90. The number of esters is 2. The SMILES string of the molecule is COC(=O)COc1c(I)cc(/C=C2\N=C(c3ccccc3)OC2=O)cc1I. The zero-order valence-electron chi connectivity index (χ0n) is 14.1. The largest absolute Gasteiger partial charge is 0.480 e. The molecule has 27 heavy (non-hydrogen) atoms. The number of carbonyl (C=O) groups excluding carboxylic acids is 2. The van der Waals surface area contributed by atoms with Crippen molar-refractivity contribution in [1.82, 2.24) is 0 Å². The van der Waals surface area contributed by atoms with Gasteiger partial charge < -0.3 is 14.2 Å². The molecule has 0 unspecified atom stereocenters. The molecule has 0 aromatic heterocycles. The third kappa shape index (κ3) is 4.86. The molecule has 0 bridgehead atoms. The van der Waals surface area contributed by atoms with Gasteiger partial charge >= 0.3 is 11.9 Å². The highest BCUT2D eigenvalue weighted by atomic mass is 127. The predicted molar refractivity (Wildman–Crippen MR) is 116 cm³/mol. The Hall–Kier alpha value is -1.95. The number of hydrogen-bond acceptors (Lipinski definition) is 6. The molecule has 2 aromatic carbocycles. The molecule has 0 amide bonds. The fourth-order valence-electron chi connectivity index (χ4n) is 2.26. The highest BCUT2D eigenvalue weighted by Crippen LogP contribution is 2.30. The fraction of sp³-hybridized carbons (Fsp3) is 0.105. The predicted octanol–water partition coefficient (Wildman–Crippen LogP) is 3.79. The maximum atomic E-state index is 12.1. The van der Waals surface area contributed by atoms with Crippen LogP contribution in [0.25, 0.3) is 6.08 Å². The second-order valence-electron chi connectivity index (χ2n) is 5.38. The van der Waals surface area contributed by atoms with Crippen molar-refractivity contribution in [3.8, 4) is 5.75 Å². The molecule has 1 heterocycles. The van der Waals surface area contributed by atoms with E-state index < -0.39 is 11.9 Å². The molecule has 0 saturated heterocycles. The summed E-state index contributed by atoms with van der Waals surface area (Å²) in [5, 5.41) is 0. The highest BCUT2D eigenvalue weighted by molar-refractivity contribution is 14.1. The summed E-state index contributed by atoms with van der Waals surface area (Å²) in [5.41, 5.74) is 1.74. The number of nitrogens with zero attached hydrogens (tertiary/aromatic N) is 1. The molecule has 0 radical (unpaired) electrons. The molecule has 8 heteroatoms. The Morgan fingerprint density at radius 2 is 1.85 bits per heavy atom. The number of halogens is 2. The summed E-state index contributed by atoms with van der Waals surface area (Å²) in [6, 6.07) is 12.9. The first kappa shape index (κ1) is 19.8. The quantitative estimate of drug-likeness (QED) is 0.302. The Morgan fingerprint density at radius 1 is 1.19 bits per heavy atom. The van der Waals surface area contributed by atoms with E-state index in [1.165, 1.54) is 7.11 Å². The molecule has 0 fully saturated rings. The minimum absolute atomic E-state index is 0.167. The topological polar surface area (TPSA) is 74.2 Å². The van der Waals surface area contributed by atoms with Crippen molar-refractivity contribution >= 4 is 69.1 Å². The molecule has 1 aliphatic rings. The molecule has 0 atom stereocenters. The van der Waals surface area contributed by atoms with Gasteiger partial charge in [0.2, 0.25) is 5.90 Å². The maximum absolute atomic E-state index is 12.1. The monoisotopic (exact) mass is 589 g/mol. The zero-order valence-corrected chi connectivity index (χ0v) is 18.4. The zero-order chi connectivity index (χ0) is 19.4. The molecule has 0 aliphatic carbocycles. The second kappa shape index (κ2) is 8.83. The summed E-state index contributed by atoms with van der Waals surface area (Å²) in [6.45, 7) is -0.167. The van der Waals surface area contributed by atoms with Crippen LogP contribution >= 0.6 is 45.2 Å². The number of hydrogen-bond donors (Lipinski definition) is 0. The van der Waals surface area contributed by atoms with E-state index in [1.807, 2.05) is 42.5 Å². The van der Waals surface area contributed by atoms with Gasteiger partial charge in [0.1, 0.15) is 5.75 Å². The third-order valence-electron chi connectivity index (χ3n) is 3.53. The van der Waals surface area contributed by atoms with Crippen LogP contribution < -0.4 is 4.74 Å². The van der Waals surface area contributed by atoms with Gasteiger partial charge in [0.05, 0.1) is 14.3 Å². The van der Waals surface area contributed by atoms with Gasteiger partial charge in [-0.2, -0.15) is 0 Å². The minimum atomic E-state index is -0.495. The number of rotatable bonds is 5. The number of benzene rings is 2. The van der Waals surface area contributed by atoms with E-state index in [2.05, 4.69) is 54.9 Å². The number of ether oxygens (including phenoxy) is 3. The van der Waals surface area contributed by atoms with Crippen molar-refractivity contribution in [1.29, 1.82) is 0 Å². The van der Waals surface area contributed by atoms with Crippen molar-refractivity contribution in [3.05, 3.63) is 66.4 Å². The lowest BCUT2D eigenvalue weighted by Gasteiger charge is -2.10. The van der Waals surface area contributed by atoms with Crippen molar-refractivity contribution in [2.45, 2.75) is 0 Å². The Morgan fingerprint density at radius 3 is 2.48 bits per heavy atom. The second-order valence-corrected chi connectivity index (χ2v) is 7.70. The van der Waals surface area contributed by atoms with Crippen molar-refractivity contribution in [2.24, 2.45) is 4.99 Å². The van der Waals surface area contributed by atoms with Gasteiger partial charge in [-0.3, -0.25) is 0 Å². The van der Waals surface area contributed by atoms with Crippen LogP contribution in [0.4, 0.5) is 0 Å². The van der Waals surface area contributed by atoms with Crippen LogP contribution in [-0.2, 0) is 19.1 Å². The number of methoxy groups -OCH3 is 1. The summed E-state index contributed by atoms with van der Waals surface area (Å²) in [6.07, 6.45) is 1.66. The van der Waals surface area contributed by atoms with E-state index >= 15 is 0 Å². The van der Waals surface area contributed by atoms with Gasteiger partial charge in [0.15, 0.2) is 12.3 Å². The molecule has 0 N–H and O–H groups in total. The molecule has 0 spiro atoms. The lowest BCUT2D eigenvalue weighted by atomic mass is 10.2. The third-order valence-corrected chi connectivity index (χ3v) is 5.13. The molecule has 0 saturated carbocycles. The maximum Gasteiger partial charge on any atom is 0.363 e. The van der Waals surface area contributed by atoms with E-state index in [9.17, 15) is 9.59 Å². The molecule has 3 rings (SSSR count). The van der Waals surface area contributed by atoms with E-state index in [4.69, 9.17) is 9.47 Å². The summed E-state index contributed by atoms with van der Waals surface area (Å²) in [7, 11) is 1.31. The lowest BCUT2D eigenvalue weighted by Crippen LogP contribution is -2.13. The smallest absolute Gasteiger partial charge is 0.363 e. The van der Waals surface area contributed by atoms with Gasteiger partial charge in [0.25, 0.3) is 0 Å². The lowest BCUT2D eigenvalue weighted by molar-refractivity contribution is -0.143. The molecular weight excluding hydrogens is 576 g/mol. The highest BCUT2D eigenvalue weighted by Gasteiger charge is 2.24. The molecule has 2 aromatic rings. The summed E-state index contributed by atoms with van der Waals surface area (Å²) >= 11 is 4.23. The van der Waals surface area contributed by atoms with Crippen LogP contribution in [0.1, 0.15) is 11.1 Å². The first-order valence-electron chi connectivity index (χ1n) is 7.74. The molecule has 1 aliphatic heterocycles. The summed E-state index contributed by atoms with van der Waals surface area (Å²) in [4.78, 5) is 27.7. The Kier molecular flexibility index (Phi) is 6.47. The van der Waals surface area contributed by atoms with Crippen LogP contribution in [0.15, 0.2) is 53.2 Å². The Labute approximate surface area is 182 Å². The minimum Gasteiger partial charge on any atom is -0.480 e. The average molecular weight is 589 g/mol. The van der Waals surface area contributed by atoms with Gasteiger partial charge in [-0.15, -0.1) is 0 Å². The molecule has 6 nitrogen and oxygen atoms in total. The number of cyclic esters (lactones) is 1. The van der Waals surface area contributed by atoms with Gasteiger partial charge in [-0.05, 0) is 81.1 Å². The standard InChI is InChI=1S/C19H13I2NO5/c1-25-16(23)10-26-17-13(20)7-11(8-14(17)21)9-15-19(24)27-18(22-15)12-5-3-2-4-6-12/h2-9H,10H2,1H3/b15-9-. The average Bonchev–Trinajstić information content (AvgIpc) is 3.02. The van der Waals surface area contributed by atoms with E-state index in [0.29, 0.717) is 5.75 Å². The summed E-state index contributed by atoms with van der Waals surface area (Å²) < 4.78 is 16.9. The first-order chi connectivity index (χ1) is 13.0. The summed E-state index contributed by atoms with van der Waals surface area (Å²) in [5.74, 6) is -0.0744. The van der Waals surface area contributed by atoms with Gasteiger partial charge in [-0.1, -0.05) is 18.2 Å². The van der Waals surface area contributed by atoms with E-state index in [0.717, 1.165) is 18.3 Å². The molecular formula is C19H13I2NO5. The normalized spacial score (nSPS) is 14.7. The number of carbonyl (C=O) groups is 2. The Balaban J connectivity index is 1.85. The number of aliphatic imine (C=N–C) groups is 1. The van der Waals surface area contributed by atoms with Crippen molar-refractivity contribution in [2.75, 3.05) is 13.7 Å². The van der Waals surface area contributed by atoms with E-state index in [-0.39, 0.29) is 18.2 Å². The van der Waals surface area contributed by atoms with Crippen molar-refractivity contribution in [3.63, 3.8) is 0 Å². The van der Waals surface area contributed by atoms with Crippen LogP contribution in [0.2, 0.25) is 0 Å². The van der Waals surface area contributed by atoms with Crippen LogP contribution in [0, 0.1) is 7.14 Å². The fourth-order valence-corrected chi connectivity index (χ4v) is 4.39. The van der Waals surface area contributed by atoms with Crippen LogP contribution in [-0.4, -0.2) is 31.6 Å². The van der Waals surface area contributed by atoms with Crippen LogP contribution in [0.5, 0.6) is 5.75 Å². The van der Waals surface area contributed by atoms with Crippen molar-refractivity contribution < 1.29 is 23.8 Å². The van der Waals surface area contributed by atoms with E-state index in [1.54, 1.807) is 6.08 Å². The Bertz CT molecular complexity index is 931.